The fraction of sp³-hybridized carbons (Fsp3) is 0.333. The van der Waals surface area contributed by atoms with Crippen LogP contribution in [0.25, 0.3) is 0 Å². The van der Waals surface area contributed by atoms with Gasteiger partial charge in [0.25, 0.3) is 0 Å². The summed E-state index contributed by atoms with van der Waals surface area (Å²) in [7, 11) is 0. The zero-order valence-electron chi connectivity index (χ0n) is 12.0. The maximum Gasteiger partial charge on any atom is 0.0449 e. The Bertz CT molecular complexity index is 533. The van der Waals surface area contributed by atoms with Gasteiger partial charge in [-0.3, -0.25) is 4.90 Å². The second kappa shape index (κ2) is 6.21. The lowest BCUT2D eigenvalue weighted by molar-refractivity contribution is 0.193. The maximum atomic E-state index is 3.63. The van der Waals surface area contributed by atoms with Gasteiger partial charge in [-0.2, -0.15) is 0 Å². The van der Waals surface area contributed by atoms with Crippen LogP contribution in [0.2, 0.25) is 0 Å². The van der Waals surface area contributed by atoms with Crippen LogP contribution in [0.3, 0.4) is 0 Å². The van der Waals surface area contributed by atoms with Crippen molar-refractivity contribution in [2.45, 2.75) is 19.5 Å². The van der Waals surface area contributed by atoms with Crippen LogP contribution in [-0.2, 0) is 6.54 Å². The summed E-state index contributed by atoms with van der Waals surface area (Å²) in [5, 5.41) is 3.63. The molecule has 0 amide bonds. The van der Waals surface area contributed by atoms with E-state index in [1.165, 1.54) is 16.7 Å². The molecule has 0 bridgehead atoms. The van der Waals surface area contributed by atoms with Crippen LogP contribution in [0.15, 0.2) is 54.6 Å². The Morgan fingerprint density at radius 2 is 1.80 bits per heavy atom. The third-order valence-electron chi connectivity index (χ3n) is 3.99. The van der Waals surface area contributed by atoms with Crippen molar-refractivity contribution < 1.29 is 0 Å². The van der Waals surface area contributed by atoms with E-state index in [0.29, 0.717) is 6.04 Å². The lowest BCUT2D eigenvalue weighted by Crippen LogP contribution is -2.45. The van der Waals surface area contributed by atoms with Crippen LogP contribution in [0.1, 0.15) is 22.7 Å². The van der Waals surface area contributed by atoms with E-state index in [1.807, 2.05) is 0 Å². The summed E-state index contributed by atoms with van der Waals surface area (Å²) in [4.78, 5) is 2.54. The molecule has 2 aromatic rings. The summed E-state index contributed by atoms with van der Waals surface area (Å²) in [6, 6.07) is 20.1. The van der Waals surface area contributed by atoms with Gasteiger partial charge in [0.05, 0.1) is 0 Å². The molecule has 0 unspecified atom stereocenters. The molecular weight excluding hydrogens is 244 g/mol. The predicted molar refractivity (Wildman–Crippen MR) is 83.6 cm³/mol. The molecule has 1 heterocycles. The number of nitrogens with one attached hydrogen (secondary N) is 1. The summed E-state index contributed by atoms with van der Waals surface area (Å²) in [5.41, 5.74) is 4.12. The lowest BCUT2D eigenvalue weighted by atomic mass is 10.0. The molecule has 0 saturated carbocycles. The number of rotatable bonds is 3. The molecule has 2 heteroatoms. The second-order valence-corrected chi connectivity index (χ2v) is 5.64. The van der Waals surface area contributed by atoms with E-state index >= 15 is 0 Å². The standard InChI is InChI=1S/C18H22N2/c1-15-7-9-17(10-8-15)18-14-20(12-11-19-18)13-16-5-3-2-4-6-16/h2-10,18-19H,11-14H2,1H3/t18-/m0/s1. The van der Waals surface area contributed by atoms with Crippen molar-refractivity contribution in [3.05, 3.63) is 71.3 Å². The average molecular weight is 266 g/mol. The van der Waals surface area contributed by atoms with Crippen molar-refractivity contribution in [2.24, 2.45) is 0 Å². The fourth-order valence-corrected chi connectivity index (χ4v) is 2.82. The molecule has 1 N–H and O–H groups in total. The first-order valence-electron chi connectivity index (χ1n) is 7.37. The van der Waals surface area contributed by atoms with E-state index in [1.54, 1.807) is 0 Å². The number of benzene rings is 2. The molecule has 1 fully saturated rings. The van der Waals surface area contributed by atoms with Crippen molar-refractivity contribution in [3.8, 4) is 0 Å². The molecule has 0 aromatic heterocycles. The molecule has 20 heavy (non-hydrogen) atoms. The van der Waals surface area contributed by atoms with E-state index in [4.69, 9.17) is 0 Å². The summed E-state index contributed by atoms with van der Waals surface area (Å²) in [5.74, 6) is 0. The predicted octanol–water partition coefficient (Wildman–Crippen LogP) is 3.14. The molecular formula is C18H22N2. The monoisotopic (exact) mass is 266 g/mol. The number of nitrogens with zero attached hydrogens (tertiary/aromatic N) is 1. The first-order valence-corrected chi connectivity index (χ1v) is 7.37. The van der Waals surface area contributed by atoms with E-state index in [-0.39, 0.29) is 0 Å². The van der Waals surface area contributed by atoms with Gasteiger partial charge in [0.1, 0.15) is 0 Å². The van der Waals surface area contributed by atoms with Gasteiger partial charge < -0.3 is 5.32 Å². The van der Waals surface area contributed by atoms with Gasteiger partial charge in [-0.1, -0.05) is 60.2 Å². The molecule has 1 aliphatic heterocycles. The zero-order chi connectivity index (χ0) is 13.8. The van der Waals surface area contributed by atoms with Gasteiger partial charge in [-0.25, -0.2) is 0 Å². The lowest BCUT2D eigenvalue weighted by Gasteiger charge is -2.34. The molecule has 3 rings (SSSR count). The van der Waals surface area contributed by atoms with Crippen molar-refractivity contribution in [3.63, 3.8) is 0 Å². The highest BCUT2D eigenvalue weighted by Gasteiger charge is 2.20. The fourth-order valence-electron chi connectivity index (χ4n) is 2.82. The minimum Gasteiger partial charge on any atom is -0.308 e. The number of hydrogen-bond donors (Lipinski definition) is 1. The Balaban J connectivity index is 1.66. The highest BCUT2D eigenvalue weighted by molar-refractivity contribution is 5.25. The minimum absolute atomic E-state index is 0.452. The van der Waals surface area contributed by atoms with Crippen LogP contribution in [0.4, 0.5) is 0 Å². The smallest absolute Gasteiger partial charge is 0.0449 e. The van der Waals surface area contributed by atoms with Crippen LogP contribution in [0, 0.1) is 6.92 Å². The topological polar surface area (TPSA) is 15.3 Å². The number of hydrogen-bond acceptors (Lipinski definition) is 2. The van der Waals surface area contributed by atoms with E-state index in [9.17, 15) is 0 Å². The number of aryl methyl sites for hydroxylation is 1. The van der Waals surface area contributed by atoms with Crippen molar-refractivity contribution in [2.75, 3.05) is 19.6 Å². The third kappa shape index (κ3) is 3.27. The Hall–Kier alpha value is -1.64. The average Bonchev–Trinajstić information content (AvgIpc) is 2.49. The SMILES string of the molecule is Cc1ccc([C@@H]2CN(Cc3ccccc3)CCN2)cc1. The molecule has 0 radical (unpaired) electrons. The van der Waals surface area contributed by atoms with E-state index in [2.05, 4.69) is 71.7 Å². The van der Waals surface area contributed by atoms with Crippen molar-refractivity contribution >= 4 is 0 Å². The second-order valence-electron chi connectivity index (χ2n) is 5.64. The first kappa shape index (κ1) is 13.3. The molecule has 0 aliphatic carbocycles. The highest BCUT2D eigenvalue weighted by atomic mass is 15.2. The van der Waals surface area contributed by atoms with Gasteiger partial charge in [-0.05, 0) is 18.1 Å². The molecule has 1 aliphatic rings. The van der Waals surface area contributed by atoms with E-state index < -0.39 is 0 Å². The summed E-state index contributed by atoms with van der Waals surface area (Å²) in [6.45, 7) is 6.45. The molecule has 1 atom stereocenters. The van der Waals surface area contributed by atoms with Gasteiger partial charge in [0.15, 0.2) is 0 Å². The maximum absolute atomic E-state index is 3.63. The number of piperazine rings is 1. The normalized spacial score (nSPS) is 19.9. The Morgan fingerprint density at radius 3 is 2.55 bits per heavy atom. The van der Waals surface area contributed by atoms with Crippen molar-refractivity contribution in [1.82, 2.24) is 10.2 Å². The van der Waals surface area contributed by atoms with Crippen LogP contribution in [-0.4, -0.2) is 24.5 Å². The first-order chi connectivity index (χ1) is 9.81. The third-order valence-corrected chi connectivity index (χ3v) is 3.99. The largest absolute Gasteiger partial charge is 0.308 e. The van der Waals surface area contributed by atoms with Crippen LogP contribution in [0.5, 0.6) is 0 Å². The minimum atomic E-state index is 0.452. The molecule has 104 valence electrons. The Labute approximate surface area is 121 Å². The van der Waals surface area contributed by atoms with Crippen molar-refractivity contribution in [1.29, 1.82) is 0 Å². The van der Waals surface area contributed by atoms with Gasteiger partial charge >= 0.3 is 0 Å². The van der Waals surface area contributed by atoms with Gasteiger partial charge in [-0.15, -0.1) is 0 Å². The summed E-state index contributed by atoms with van der Waals surface area (Å²) in [6.07, 6.45) is 0. The molecule has 0 spiro atoms. The van der Waals surface area contributed by atoms with Gasteiger partial charge in [0.2, 0.25) is 0 Å². The Kier molecular flexibility index (Phi) is 4.14. The molecule has 2 nitrogen and oxygen atoms in total. The summed E-state index contributed by atoms with van der Waals surface area (Å²) < 4.78 is 0. The molecule has 1 saturated heterocycles. The van der Waals surface area contributed by atoms with Crippen LogP contribution < -0.4 is 5.32 Å². The zero-order valence-corrected chi connectivity index (χ0v) is 12.0. The summed E-state index contributed by atoms with van der Waals surface area (Å²) >= 11 is 0. The van der Waals surface area contributed by atoms with E-state index in [0.717, 1.165) is 26.2 Å². The highest BCUT2D eigenvalue weighted by Crippen LogP contribution is 2.19. The Morgan fingerprint density at radius 1 is 1.05 bits per heavy atom. The molecule has 2 aromatic carbocycles. The van der Waals surface area contributed by atoms with Crippen LogP contribution >= 0.6 is 0 Å². The van der Waals surface area contributed by atoms with Gasteiger partial charge in [0, 0.05) is 32.2 Å². The quantitative estimate of drug-likeness (QED) is 0.918.